The van der Waals surface area contributed by atoms with E-state index in [1.54, 1.807) is 0 Å². The Bertz CT molecular complexity index is 668. The van der Waals surface area contributed by atoms with E-state index in [0.717, 1.165) is 34.7 Å². The zero-order chi connectivity index (χ0) is 16.3. The van der Waals surface area contributed by atoms with Crippen molar-refractivity contribution in [2.45, 2.75) is 47.1 Å². The van der Waals surface area contributed by atoms with Crippen molar-refractivity contribution in [3.63, 3.8) is 0 Å². The average Bonchev–Trinajstić information content (AvgIpc) is 2.80. The molecule has 1 heterocycles. The molecular weight excluding hydrogens is 274 g/mol. The Morgan fingerprint density at radius 1 is 1.23 bits per heavy atom. The SMILES string of the molecule is CCc1ccccc1OCC(=O)c1cc(C)n(C(C)C)c1C. The van der Waals surface area contributed by atoms with Crippen molar-refractivity contribution in [2.24, 2.45) is 0 Å². The van der Waals surface area contributed by atoms with E-state index in [1.165, 1.54) is 0 Å². The molecule has 3 nitrogen and oxygen atoms in total. The summed E-state index contributed by atoms with van der Waals surface area (Å²) in [6.45, 7) is 10.5. The van der Waals surface area contributed by atoms with Gasteiger partial charge in [0.05, 0.1) is 0 Å². The number of ketones is 1. The van der Waals surface area contributed by atoms with E-state index in [2.05, 4.69) is 25.3 Å². The number of nitrogens with zero attached hydrogens (tertiary/aromatic N) is 1. The van der Waals surface area contributed by atoms with Crippen LogP contribution in [0.4, 0.5) is 0 Å². The van der Waals surface area contributed by atoms with Crippen LogP contribution in [-0.4, -0.2) is 17.0 Å². The predicted molar refractivity (Wildman–Crippen MR) is 89.9 cm³/mol. The third-order valence-corrected chi connectivity index (χ3v) is 4.01. The summed E-state index contributed by atoms with van der Waals surface area (Å²) >= 11 is 0. The van der Waals surface area contributed by atoms with Crippen LogP contribution in [0.3, 0.4) is 0 Å². The number of hydrogen-bond acceptors (Lipinski definition) is 2. The van der Waals surface area contributed by atoms with Crippen LogP contribution in [0.1, 0.15) is 54.1 Å². The highest BCUT2D eigenvalue weighted by Crippen LogP contribution is 2.22. The van der Waals surface area contributed by atoms with Crippen molar-refractivity contribution in [3.05, 3.63) is 52.8 Å². The van der Waals surface area contributed by atoms with Gasteiger partial charge in [-0.3, -0.25) is 4.79 Å². The normalized spacial score (nSPS) is 11.0. The standard InChI is InChI=1S/C19H25NO2/c1-6-16-9-7-8-10-19(16)22-12-18(21)17-11-14(4)20(13(2)3)15(17)5/h7-11,13H,6,12H2,1-5H3. The van der Waals surface area contributed by atoms with Gasteiger partial charge < -0.3 is 9.30 Å². The number of carbonyl (C=O) groups excluding carboxylic acids is 1. The van der Waals surface area contributed by atoms with Gasteiger partial charge in [-0.2, -0.15) is 0 Å². The summed E-state index contributed by atoms with van der Waals surface area (Å²) in [4.78, 5) is 12.5. The number of rotatable bonds is 6. The van der Waals surface area contributed by atoms with Gasteiger partial charge >= 0.3 is 0 Å². The summed E-state index contributed by atoms with van der Waals surface area (Å²) in [6, 6.07) is 10.2. The minimum Gasteiger partial charge on any atom is -0.485 e. The molecule has 3 heteroatoms. The maximum atomic E-state index is 12.5. The van der Waals surface area contributed by atoms with E-state index in [-0.39, 0.29) is 12.4 Å². The van der Waals surface area contributed by atoms with Gasteiger partial charge in [0.2, 0.25) is 5.78 Å². The lowest BCUT2D eigenvalue weighted by atomic mass is 10.1. The summed E-state index contributed by atoms with van der Waals surface area (Å²) in [6.07, 6.45) is 0.895. The smallest absolute Gasteiger partial charge is 0.202 e. The Balaban J connectivity index is 2.15. The molecule has 0 amide bonds. The molecule has 0 N–H and O–H groups in total. The molecule has 0 bridgehead atoms. The lowest BCUT2D eigenvalue weighted by molar-refractivity contribution is 0.0920. The molecule has 1 aromatic heterocycles. The monoisotopic (exact) mass is 299 g/mol. The fourth-order valence-electron chi connectivity index (χ4n) is 3.01. The Morgan fingerprint density at radius 3 is 2.50 bits per heavy atom. The lowest BCUT2D eigenvalue weighted by Gasteiger charge is -2.14. The lowest BCUT2D eigenvalue weighted by Crippen LogP contribution is -2.14. The summed E-state index contributed by atoms with van der Waals surface area (Å²) in [5.74, 6) is 0.835. The van der Waals surface area contributed by atoms with E-state index >= 15 is 0 Å². The third kappa shape index (κ3) is 3.24. The van der Waals surface area contributed by atoms with Crippen LogP contribution in [-0.2, 0) is 6.42 Å². The Labute approximate surface area is 132 Å². The van der Waals surface area contributed by atoms with Gasteiger partial charge in [0.1, 0.15) is 5.75 Å². The Kier molecular flexibility index (Phi) is 5.07. The first-order valence-corrected chi connectivity index (χ1v) is 7.88. The van der Waals surface area contributed by atoms with Crippen LogP contribution in [0.2, 0.25) is 0 Å². The Hall–Kier alpha value is -2.03. The van der Waals surface area contributed by atoms with Gasteiger partial charge in [0.25, 0.3) is 0 Å². The molecule has 0 aliphatic carbocycles. The molecule has 0 unspecified atom stereocenters. The topological polar surface area (TPSA) is 31.2 Å². The van der Waals surface area contributed by atoms with Crippen LogP contribution in [0, 0.1) is 13.8 Å². The van der Waals surface area contributed by atoms with Gasteiger partial charge in [0.15, 0.2) is 6.61 Å². The maximum absolute atomic E-state index is 12.5. The second-order valence-electron chi connectivity index (χ2n) is 5.92. The molecule has 0 saturated carbocycles. The van der Waals surface area contributed by atoms with E-state index in [0.29, 0.717) is 6.04 Å². The number of hydrogen-bond donors (Lipinski definition) is 0. The second kappa shape index (κ2) is 6.82. The fourth-order valence-corrected chi connectivity index (χ4v) is 3.01. The van der Waals surface area contributed by atoms with Crippen LogP contribution in [0.5, 0.6) is 5.75 Å². The van der Waals surface area contributed by atoms with Crippen LogP contribution >= 0.6 is 0 Å². The minimum absolute atomic E-state index is 0.0332. The highest BCUT2D eigenvalue weighted by Gasteiger charge is 2.17. The molecule has 2 aromatic rings. The first kappa shape index (κ1) is 16.3. The highest BCUT2D eigenvalue weighted by atomic mass is 16.5. The molecule has 0 atom stereocenters. The van der Waals surface area contributed by atoms with E-state index < -0.39 is 0 Å². The van der Waals surface area contributed by atoms with Crippen molar-refractivity contribution < 1.29 is 9.53 Å². The molecular formula is C19H25NO2. The predicted octanol–water partition coefficient (Wildman–Crippen LogP) is 4.51. The number of para-hydroxylation sites is 1. The van der Waals surface area contributed by atoms with E-state index in [9.17, 15) is 4.79 Å². The minimum atomic E-state index is 0.0332. The molecule has 0 fully saturated rings. The average molecular weight is 299 g/mol. The van der Waals surface area contributed by atoms with Gasteiger partial charge in [-0.1, -0.05) is 25.1 Å². The van der Waals surface area contributed by atoms with Crippen molar-refractivity contribution in [2.75, 3.05) is 6.61 Å². The van der Waals surface area contributed by atoms with E-state index in [4.69, 9.17) is 4.74 Å². The number of benzene rings is 1. The summed E-state index contributed by atoms with van der Waals surface area (Å²) in [5.41, 5.74) is 4.03. The van der Waals surface area contributed by atoms with Crippen LogP contribution in [0.25, 0.3) is 0 Å². The fraction of sp³-hybridized carbons (Fsp3) is 0.421. The summed E-state index contributed by atoms with van der Waals surface area (Å²) in [5, 5.41) is 0. The largest absolute Gasteiger partial charge is 0.485 e. The van der Waals surface area contributed by atoms with Crippen LogP contribution in [0.15, 0.2) is 30.3 Å². The molecule has 2 rings (SSSR count). The molecule has 22 heavy (non-hydrogen) atoms. The van der Waals surface area contributed by atoms with Crippen molar-refractivity contribution in [1.82, 2.24) is 4.57 Å². The van der Waals surface area contributed by atoms with Gasteiger partial charge in [-0.15, -0.1) is 0 Å². The Morgan fingerprint density at radius 2 is 1.91 bits per heavy atom. The highest BCUT2D eigenvalue weighted by molar-refractivity contribution is 5.98. The molecule has 118 valence electrons. The van der Waals surface area contributed by atoms with Crippen LogP contribution < -0.4 is 4.74 Å². The number of Topliss-reactive ketones (excluding diaryl/α,β-unsaturated/α-hetero) is 1. The second-order valence-corrected chi connectivity index (χ2v) is 5.92. The molecule has 1 aromatic carbocycles. The first-order valence-electron chi connectivity index (χ1n) is 7.88. The molecule has 0 aliphatic heterocycles. The zero-order valence-electron chi connectivity index (χ0n) is 14.1. The number of aryl methyl sites for hydroxylation is 2. The third-order valence-electron chi connectivity index (χ3n) is 4.01. The van der Waals surface area contributed by atoms with Crippen molar-refractivity contribution >= 4 is 5.78 Å². The number of aromatic nitrogens is 1. The number of ether oxygens (including phenoxy) is 1. The molecule has 0 saturated heterocycles. The summed E-state index contributed by atoms with van der Waals surface area (Å²) < 4.78 is 7.94. The van der Waals surface area contributed by atoms with Gasteiger partial charge in [0, 0.05) is 23.0 Å². The van der Waals surface area contributed by atoms with E-state index in [1.807, 2.05) is 44.2 Å². The summed E-state index contributed by atoms with van der Waals surface area (Å²) in [7, 11) is 0. The quantitative estimate of drug-likeness (QED) is 0.735. The van der Waals surface area contributed by atoms with Crippen molar-refractivity contribution in [1.29, 1.82) is 0 Å². The maximum Gasteiger partial charge on any atom is 0.202 e. The zero-order valence-corrected chi connectivity index (χ0v) is 14.1. The molecule has 0 aliphatic rings. The van der Waals surface area contributed by atoms with Gasteiger partial charge in [-0.25, -0.2) is 0 Å². The molecule has 0 radical (unpaired) electrons. The van der Waals surface area contributed by atoms with Gasteiger partial charge in [-0.05, 0) is 51.8 Å². The van der Waals surface area contributed by atoms with Crippen molar-refractivity contribution in [3.8, 4) is 5.75 Å². The molecule has 0 spiro atoms. The number of carbonyl (C=O) groups is 1. The first-order chi connectivity index (χ1) is 10.5.